The molecule has 2 aromatic rings. The number of nitrogens with one attached hydrogen (secondary N) is 1. The maximum Gasteiger partial charge on any atom is 0.0637 e. The first kappa shape index (κ1) is 13.3. The van der Waals surface area contributed by atoms with Crippen LogP contribution in [-0.4, -0.2) is 4.98 Å². The van der Waals surface area contributed by atoms with E-state index in [0.29, 0.717) is 5.02 Å². The van der Waals surface area contributed by atoms with Crippen molar-refractivity contribution >= 4 is 23.2 Å². The number of hydrogen-bond acceptors (Lipinski definition) is 3. The summed E-state index contributed by atoms with van der Waals surface area (Å²) < 4.78 is 0. The zero-order valence-electron chi connectivity index (χ0n) is 9.61. The summed E-state index contributed by atoms with van der Waals surface area (Å²) in [5.41, 5.74) is 4.85. The summed E-state index contributed by atoms with van der Waals surface area (Å²) in [5, 5.41) is 1.33. The summed E-state index contributed by atoms with van der Waals surface area (Å²) in [6.45, 7) is 0. The standard InChI is InChI=1S/C13H13Cl2N3/c14-10-3-1-9(2-4-10)7-13(18-16)11-5-6-17-8-12(11)15/h1-6,8,13,18H,7,16H2. The second-order valence-corrected chi connectivity index (χ2v) is 4.79. The number of rotatable bonds is 4. The molecule has 1 heterocycles. The molecule has 0 aliphatic carbocycles. The van der Waals surface area contributed by atoms with Crippen LogP contribution in [0.4, 0.5) is 0 Å². The van der Waals surface area contributed by atoms with Crippen molar-refractivity contribution in [2.24, 2.45) is 5.84 Å². The first-order valence-electron chi connectivity index (χ1n) is 5.50. The van der Waals surface area contributed by atoms with Crippen molar-refractivity contribution in [1.29, 1.82) is 0 Å². The van der Waals surface area contributed by atoms with Gasteiger partial charge in [-0.25, -0.2) is 0 Å². The maximum absolute atomic E-state index is 6.11. The molecule has 2 rings (SSSR count). The van der Waals surface area contributed by atoms with Crippen molar-refractivity contribution in [3.8, 4) is 0 Å². The van der Waals surface area contributed by atoms with E-state index in [1.54, 1.807) is 12.4 Å². The van der Waals surface area contributed by atoms with Crippen LogP contribution >= 0.6 is 23.2 Å². The zero-order chi connectivity index (χ0) is 13.0. The van der Waals surface area contributed by atoms with Gasteiger partial charge in [-0.1, -0.05) is 35.3 Å². The molecule has 0 fully saturated rings. The molecule has 18 heavy (non-hydrogen) atoms. The zero-order valence-corrected chi connectivity index (χ0v) is 11.1. The summed E-state index contributed by atoms with van der Waals surface area (Å²) >= 11 is 12.0. The molecular formula is C13H13Cl2N3. The van der Waals surface area contributed by atoms with Gasteiger partial charge in [0.2, 0.25) is 0 Å². The van der Waals surface area contributed by atoms with Crippen LogP contribution < -0.4 is 11.3 Å². The Morgan fingerprint density at radius 3 is 2.50 bits per heavy atom. The number of pyridine rings is 1. The summed E-state index contributed by atoms with van der Waals surface area (Å²) in [5.74, 6) is 5.60. The number of aromatic nitrogens is 1. The molecule has 1 aromatic carbocycles. The van der Waals surface area contributed by atoms with Crippen LogP contribution in [0.25, 0.3) is 0 Å². The summed E-state index contributed by atoms with van der Waals surface area (Å²) in [6, 6.07) is 9.48. The van der Waals surface area contributed by atoms with E-state index >= 15 is 0 Å². The highest BCUT2D eigenvalue weighted by molar-refractivity contribution is 6.31. The Balaban J connectivity index is 2.20. The quantitative estimate of drug-likeness (QED) is 0.669. The van der Waals surface area contributed by atoms with E-state index in [1.165, 1.54) is 0 Å². The van der Waals surface area contributed by atoms with Crippen molar-refractivity contribution in [2.45, 2.75) is 12.5 Å². The van der Waals surface area contributed by atoms with E-state index < -0.39 is 0 Å². The number of halogens is 2. The second-order valence-electron chi connectivity index (χ2n) is 3.95. The average molecular weight is 282 g/mol. The second kappa shape index (κ2) is 6.16. The van der Waals surface area contributed by atoms with Gasteiger partial charge in [0.15, 0.2) is 0 Å². The van der Waals surface area contributed by atoms with Crippen molar-refractivity contribution in [2.75, 3.05) is 0 Å². The minimum Gasteiger partial charge on any atom is -0.271 e. The van der Waals surface area contributed by atoms with E-state index in [2.05, 4.69) is 10.4 Å². The van der Waals surface area contributed by atoms with E-state index in [0.717, 1.165) is 22.6 Å². The maximum atomic E-state index is 6.11. The largest absolute Gasteiger partial charge is 0.271 e. The first-order valence-corrected chi connectivity index (χ1v) is 6.26. The fourth-order valence-electron chi connectivity index (χ4n) is 1.78. The molecular weight excluding hydrogens is 269 g/mol. The minimum absolute atomic E-state index is 0.0540. The van der Waals surface area contributed by atoms with Gasteiger partial charge in [0, 0.05) is 17.4 Å². The molecule has 3 N–H and O–H groups in total. The molecule has 0 saturated heterocycles. The van der Waals surface area contributed by atoms with Crippen LogP contribution in [0.3, 0.4) is 0 Å². The van der Waals surface area contributed by atoms with Gasteiger partial charge in [-0.3, -0.25) is 16.3 Å². The van der Waals surface area contributed by atoms with Gasteiger partial charge in [-0.15, -0.1) is 0 Å². The monoisotopic (exact) mass is 281 g/mol. The summed E-state index contributed by atoms with van der Waals surface area (Å²) in [6.07, 6.45) is 4.05. The first-order chi connectivity index (χ1) is 8.70. The molecule has 0 amide bonds. The predicted octanol–water partition coefficient (Wildman–Crippen LogP) is 3.14. The molecule has 0 spiro atoms. The van der Waals surface area contributed by atoms with Gasteiger partial charge in [0.05, 0.1) is 11.1 Å². The van der Waals surface area contributed by atoms with Gasteiger partial charge in [0.1, 0.15) is 0 Å². The smallest absolute Gasteiger partial charge is 0.0637 e. The topological polar surface area (TPSA) is 50.9 Å². The molecule has 0 aliphatic heterocycles. The predicted molar refractivity (Wildman–Crippen MR) is 74.5 cm³/mol. The van der Waals surface area contributed by atoms with Crippen LogP contribution in [-0.2, 0) is 6.42 Å². The van der Waals surface area contributed by atoms with E-state index in [4.69, 9.17) is 29.0 Å². The van der Waals surface area contributed by atoms with E-state index in [1.807, 2.05) is 30.3 Å². The highest BCUT2D eigenvalue weighted by atomic mass is 35.5. The molecule has 0 saturated carbocycles. The summed E-state index contributed by atoms with van der Waals surface area (Å²) in [4.78, 5) is 3.96. The third-order valence-electron chi connectivity index (χ3n) is 2.73. The number of nitrogens with two attached hydrogens (primary N) is 1. The van der Waals surface area contributed by atoms with Crippen LogP contribution in [0.15, 0.2) is 42.7 Å². The SMILES string of the molecule is NNC(Cc1ccc(Cl)cc1)c1ccncc1Cl. The van der Waals surface area contributed by atoms with Crippen LogP contribution in [0.5, 0.6) is 0 Å². The normalized spacial score (nSPS) is 12.4. The Kier molecular flexibility index (Phi) is 4.55. The Hall–Kier alpha value is -1.13. The minimum atomic E-state index is -0.0540. The van der Waals surface area contributed by atoms with Crippen molar-refractivity contribution in [3.05, 3.63) is 63.9 Å². The third kappa shape index (κ3) is 3.21. The lowest BCUT2D eigenvalue weighted by Crippen LogP contribution is -2.29. The molecule has 0 bridgehead atoms. The van der Waals surface area contributed by atoms with Crippen molar-refractivity contribution in [3.63, 3.8) is 0 Å². The molecule has 0 radical (unpaired) electrons. The Bertz CT molecular complexity index is 514. The van der Waals surface area contributed by atoms with Gasteiger partial charge >= 0.3 is 0 Å². The third-order valence-corrected chi connectivity index (χ3v) is 3.30. The van der Waals surface area contributed by atoms with Crippen molar-refractivity contribution in [1.82, 2.24) is 10.4 Å². The molecule has 1 aromatic heterocycles. The lowest BCUT2D eigenvalue weighted by Gasteiger charge is -2.17. The van der Waals surface area contributed by atoms with Gasteiger partial charge < -0.3 is 0 Å². The lowest BCUT2D eigenvalue weighted by molar-refractivity contribution is 0.551. The summed E-state index contributed by atoms with van der Waals surface area (Å²) in [7, 11) is 0. The number of nitrogens with zero attached hydrogens (tertiary/aromatic N) is 1. The fourth-order valence-corrected chi connectivity index (χ4v) is 2.16. The average Bonchev–Trinajstić information content (AvgIpc) is 2.39. The highest BCUT2D eigenvalue weighted by Crippen LogP contribution is 2.24. The molecule has 0 aliphatic rings. The number of hydrazine groups is 1. The Labute approximate surface area is 116 Å². The molecule has 5 heteroatoms. The lowest BCUT2D eigenvalue weighted by atomic mass is 10.0. The molecule has 1 unspecified atom stereocenters. The highest BCUT2D eigenvalue weighted by Gasteiger charge is 2.13. The Morgan fingerprint density at radius 2 is 1.89 bits per heavy atom. The molecule has 3 nitrogen and oxygen atoms in total. The van der Waals surface area contributed by atoms with E-state index in [9.17, 15) is 0 Å². The molecule has 94 valence electrons. The van der Waals surface area contributed by atoms with Crippen molar-refractivity contribution < 1.29 is 0 Å². The van der Waals surface area contributed by atoms with E-state index in [-0.39, 0.29) is 6.04 Å². The Morgan fingerprint density at radius 1 is 1.17 bits per heavy atom. The van der Waals surface area contributed by atoms with Crippen LogP contribution in [0.2, 0.25) is 10.0 Å². The number of benzene rings is 1. The van der Waals surface area contributed by atoms with Gasteiger partial charge in [-0.05, 0) is 35.7 Å². The van der Waals surface area contributed by atoms with Gasteiger partial charge in [-0.2, -0.15) is 0 Å². The van der Waals surface area contributed by atoms with Crippen LogP contribution in [0, 0.1) is 0 Å². The van der Waals surface area contributed by atoms with Crippen LogP contribution in [0.1, 0.15) is 17.2 Å². The number of hydrogen-bond donors (Lipinski definition) is 2. The fraction of sp³-hybridized carbons (Fsp3) is 0.154. The molecule has 1 atom stereocenters. The van der Waals surface area contributed by atoms with Gasteiger partial charge in [0.25, 0.3) is 0 Å².